The second kappa shape index (κ2) is 3.32. The highest BCUT2D eigenvalue weighted by molar-refractivity contribution is 5.88. The monoisotopic (exact) mass is 154 g/mol. The van der Waals surface area contributed by atoms with Crippen molar-refractivity contribution in [2.45, 2.75) is 19.8 Å². The van der Waals surface area contributed by atoms with Crippen LogP contribution in [0.25, 0.3) is 0 Å². The summed E-state index contributed by atoms with van der Waals surface area (Å²) in [7, 11) is 0. The number of hydrogen-bond acceptors (Lipinski definition) is 3. The van der Waals surface area contributed by atoms with Crippen LogP contribution in [0.3, 0.4) is 0 Å². The van der Waals surface area contributed by atoms with E-state index in [-0.39, 0.29) is 5.92 Å². The molecule has 3 heteroatoms. The second-order valence-corrected chi connectivity index (χ2v) is 2.54. The van der Waals surface area contributed by atoms with Crippen molar-refractivity contribution < 1.29 is 14.3 Å². The van der Waals surface area contributed by atoms with Crippen LogP contribution in [-0.4, -0.2) is 11.9 Å². The highest BCUT2D eigenvalue weighted by atomic mass is 16.6. The summed E-state index contributed by atoms with van der Waals surface area (Å²) in [5, 5.41) is 0. The van der Waals surface area contributed by atoms with Gasteiger partial charge in [0.15, 0.2) is 0 Å². The Morgan fingerprint density at radius 2 is 1.91 bits per heavy atom. The minimum absolute atomic E-state index is 0.0498. The van der Waals surface area contributed by atoms with Crippen LogP contribution in [0.5, 0.6) is 0 Å². The summed E-state index contributed by atoms with van der Waals surface area (Å²) < 4.78 is 4.35. The molecule has 3 nitrogen and oxygen atoms in total. The number of allylic oxidation sites excluding steroid dienone is 2. The third kappa shape index (κ3) is 2.18. The van der Waals surface area contributed by atoms with Crippen LogP contribution in [-0.2, 0) is 14.3 Å². The van der Waals surface area contributed by atoms with Gasteiger partial charge in [0.05, 0.1) is 12.8 Å². The van der Waals surface area contributed by atoms with Crippen LogP contribution in [0.1, 0.15) is 19.8 Å². The predicted molar refractivity (Wildman–Crippen MR) is 38.6 cm³/mol. The molecule has 1 saturated heterocycles. The molecule has 1 aliphatic rings. The van der Waals surface area contributed by atoms with Gasteiger partial charge in [-0.15, -0.1) is 0 Å². The molecular weight excluding hydrogens is 144 g/mol. The summed E-state index contributed by atoms with van der Waals surface area (Å²) in [6.07, 6.45) is 4.36. The van der Waals surface area contributed by atoms with Crippen LogP contribution in [0.15, 0.2) is 12.2 Å². The molecule has 0 radical (unpaired) electrons. The van der Waals surface area contributed by atoms with E-state index in [2.05, 4.69) is 4.74 Å². The van der Waals surface area contributed by atoms with Gasteiger partial charge < -0.3 is 4.74 Å². The van der Waals surface area contributed by atoms with Crippen molar-refractivity contribution in [2.75, 3.05) is 0 Å². The van der Waals surface area contributed by atoms with Gasteiger partial charge in [-0.05, 0) is 12.8 Å². The first kappa shape index (κ1) is 7.98. The lowest BCUT2D eigenvalue weighted by atomic mass is 9.99. The van der Waals surface area contributed by atoms with Gasteiger partial charge in [0.1, 0.15) is 0 Å². The molecule has 11 heavy (non-hydrogen) atoms. The van der Waals surface area contributed by atoms with E-state index in [4.69, 9.17) is 0 Å². The third-order valence-corrected chi connectivity index (χ3v) is 1.55. The number of rotatable bonds is 1. The minimum Gasteiger partial charge on any atom is -0.393 e. The zero-order valence-electron chi connectivity index (χ0n) is 6.37. The van der Waals surface area contributed by atoms with Gasteiger partial charge in [-0.3, -0.25) is 9.59 Å². The van der Waals surface area contributed by atoms with Gasteiger partial charge in [0, 0.05) is 0 Å². The molecule has 1 aliphatic heterocycles. The summed E-state index contributed by atoms with van der Waals surface area (Å²) in [6, 6.07) is 0. The molecule has 1 rings (SSSR count). The quantitative estimate of drug-likeness (QED) is 0.322. The first-order valence-electron chi connectivity index (χ1n) is 3.58. The molecule has 0 aromatic rings. The van der Waals surface area contributed by atoms with Gasteiger partial charge in [-0.25, -0.2) is 0 Å². The lowest BCUT2D eigenvalue weighted by molar-refractivity contribution is -0.164. The lowest BCUT2D eigenvalue weighted by Crippen LogP contribution is -2.24. The van der Waals surface area contributed by atoms with Gasteiger partial charge in [-0.2, -0.15) is 0 Å². The van der Waals surface area contributed by atoms with Gasteiger partial charge >= 0.3 is 11.9 Å². The molecule has 0 aromatic heterocycles. The maximum absolute atomic E-state index is 10.7. The van der Waals surface area contributed by atoms with Crippen molar-refractivity contribution in [2.24, 2.45) is 5.92 Å². The van der Waals surface area contributed by atoms with E-state index in [9.17, 15) is 9.59 Å². The molecule has 0 amide bonds. The minimum atomic E-state index is -0.413. The van der Waals surface area contributed by atoms with Crippen LogP contribution >= 0.6 is 0 Å². The second-order valence-electron chi connectivity index (χ2n) is 2.54. The fourth-order valence-corrected chi connectivity index (χ4v) is 1.12. The molecule has 0 bridgehead atoms. The Morgan fingerprint density at radius 3 is 2.36 bits per heavy atom. The fraction of sp³-hybridized carbons (Fsp3) is 0.500. The molecule has 0 atom stereocenters. The Balaban J connectivity index is 2.56. The number of esters is 2. The lowest BCUT2D eigenvalue weighted by Gasteiger charge is -2.15. The number of cyclic esters (lactones) is 2. The summed E-state index contributed by atoms with van der Waals surface area (Å²) in [5.74, 6) is -0.776. The number of carbonyl (C=O) groups is 2. The summed E-state index contributed by atoms with van der Waals surface area (Å²) in [5.41, 5.74) is 0. The van der Waals surface area contributed by atoms with Gasteiger partial charge in [0.25, 0.3) is 0 Å². The van der Waals surface area contributed by atoms with Crippen molar-refractivity contribution in [1.82, 2.24) is 0 Å². The molecule has 0 N–H and O–H groups in total. The van der Waals surface area contributed by atoms with Gasteiger partial charge in [0.2, 0.25) is 0 Å². The molecule has 0 unspecified atom stereocenters. The zero-order chi connectivity index (χ0) is 8.27. The van der Waals surface area contributed by atoms with E-state index in [1.165, 1.54) is 0 Å². The number of hydrogen-bond donors (Lipinski definition) is 0. The van der Waals surface area contributed by atoms with Crippen molar-refractivity contribution in [3.8, 4) is 0 Å². The van der Waals surface area contributed by atoms with Gasteiger partial charge in [-0.1, -0.05) is 12.2 Å². The zero-order valence-corrected chi connectivity index (χ0v) is 6.37. The Morgan fingerprint density at radius 1 is 1.36 bits per heavy atom. The number of carbonyl (C=O) groups excluding carboxylic acids is 2. The van der Waals surface area contributed by atoms with Crippen LogP contribution in [0, 0.1) is 5.92 Å². The molecule has 1 fully saturated rings. The normalized spacial score (nSPS) is 20.8. The van der Waals surface area contributed by atoms with Crippen LogP contribution in [0.4, 0.5) is 0 Å². The fourth-order valence-electron chi connectivity index (χ4n) is 1.12. The molecule has 0 spiro atoms. The van der Waals surface area contributed by atoms with Crippen LogP contribution < -0.4 is 0 Å². The average Bonchev–Trinajstić information content (AvgIpc) is 1.85. The maximum Gasteiger partial charge on any atom is 0.314 e. The van der Waals surface area contributed by atoms with Crippen molar-refractivity contribution in [1.29, 1.82) is 0 Å². The first-order chi connectivity index (χ1) is 5.22. The highest BCUT2D eigenvalue weighted by Gasteiger charge is 2.24. The molecule has 1 heterocycles. The summed E-state index contributed by atoms with van der Waals surface area (Å²) >= 11 is 0. The van der Waals surface area contributed by atoms with E-state index in [0.717, 1.165) is 0 Å². The van der Waals surface area contributed by atoms with Crippen molar-refractivity contribution >= 4 is 11.9 Å². The Bertz CT molecular complexity index is 189. The molecular formula is C8H10O3. The van der Waals surface area contributed by atoms with Crippen molar-refractivity contribution in [3.05, 3.63) is 12.2 Å². The van der Waals surface area contributed by atoms with E-state index in [1.807, 2.05) is 19.1 Å². The van der Waals surface area contributed by atoms with E-state index in [1.54, 1.807) is 0 Å². The van der Waals surface area contributed by atoms with Crippen LogP contribution in [0.2, 0.25) is 0 Å². The molecule has 0 saturated carbocycles. The van der Waals surface area contributed by atoms with E-state index < -0.39 is 11.9 Å². The third-order valence-electron chi connectivity index (χ3n) is 1.55. The smallest absolute Gasteiger partial charge is 0.314 e. The standard InChI is InChI=1S/C8H10O3/c1-2-3-6-4-7(9)11-8(10)5-6/h2-3,6H,4-5H2,1H3/b3-2+. The Hall–Kier alpha value is -1.12. The maximum atomic E-state index is 10.7. The summed E-state index contributed by atoms with van der Waals surface area (Å²) in [6.45, 7) is 1.87. The molecule has 0 aromatic carbocycles. The summed E-state index contributed by atoms with van der Waals surface area (Å²) in [4.78, 5) is 21.4. The topological polar surface area (TPSA) is 43.4 Å². The largest absolute Gasteiger partial charge is 0.393 e. The Kier molecular flexibility index (Phi) is 2.41. The first-order valence-corrected chi connectivity index (χ1v) is 3.58. The average molecular weight is 154 g/mol. The van der Waals surface area contributed by atoms with E-state index in [0.29, 0.717) is 12.8 Å². The highest BCUT2D eigenvalue weighted by Crippen LogP contribution is 2.17. The number of ether oxygens (including phenoxy) is 1. The molecule has 0 aliphatic carbocycles. The predicted octanol–water partition coefficient (Wildman–Crippen LogP) is 1.04. The SMILES string of the molecule is C/C=C/C1CC(=O)OC(=O)C1. The molecule has 60 valence electrons. The van der Waals surface area contributed by atoms with Crippen molar-refractivity contribution in [3.63, 3.8) is 0 Å². The van der Waals surface area contributed by atoms with E-state index >= 15 is 0 Å². The Labute approximate surface area is 65.0 Å².